The molecule has 0 radical (unpaired) electrons. The van der Waals surface area contributed by atoms with Gasteiger partial charge in [-0.3, -0.25) is 9.59 Å². The van der Waals surface area contributed by atoms with Crippen molar-refractivity contribution >= 4 is 18.0 Å². The van der Waals surface area contributed by atoms with E-state index in [1.54, 1.807) is 0 Å². The van der Waals surface area contributed by atoms with Crippen LogP contribution in [0.25, 0.3) is 6.08 Å². The van der Waals surface area contributed by atoms with Crippen LogP contribution in [0, 0.1) is 11.3 Å². The molecule has 0 heterocycles. The second kappa shape index (κ2) is 10.1. The van der Waals surface area contributed by atoms with Gasteiger partial charge in [0.15, 0.2) is 5.41 Å². The number of hydrogen-bond donors (Lipinski definition) is 0. The second-order valence-corrected chi connectivity index (χ2v) is 7.01. The summed E-state index contributed by atoms with van der Waals surface area (Å²) in [6.07, 6.45) is 12.3. The molecule has 4 heteroatoms. The van der Waals surface area contributed by atoms with E-state index in [1.165, 1.54) is 33.5 Å². The van der Waals surface area contributed by atoms with Crippen LogP contribution in [0.15, 0.2) is 48.1 Å². The lowest BCUT2D eigenvalue weighted by Crippen LogP contribution is -2.30. The lowest BCUT2D eigenvalue weighted by atomic mass is 9.96. The number of esters is 2. The molecule has 0 aromatic heterocycles. The standard InChI is InChI=1S/C23H30O4/c1-4-5-6-7-11-14-19(16-15-18-12-9-8-10-13-18)20-17-23(20,21(24)26-2)22(25)27-3/h8-10,12-16,20H,4-7,11,17H2,1-3H3/b16-15+,19-14+. The Hall–Kier alpha value is -2.36. The van der Waals surface area contributed by atoms with Crippen LogP contribution in [-0.4, -0.2) is 26.2 Å². The molecule has 146 valence electrons. The first-order valence-corrected chi connectivity index (χ1v) is 9.70. The SMILES string of the molecule is CCCCCC/C=C(\C=C\c1ccccc1)C1CC1(C(=O)OC)C(=O)OC. The monoisotopic (exact) mass is 370 g/mol. The number of benzene rings is 1. The number of carbonyl (C=O) groups excluding carboxylic acids is 2. The summed E-state index contributed by atoms with van der Waals surface area (Å²) in [6.45, 7) is 2.19. The minimum absolute atomic E-state index is 0.191. The predicted molar refractivity (Wildman–Crippen MR) is 107 cm³/mol. The molecule has 1 aliphatic carbocycles. The van der Waals surface area contributed by atoms with E-state index in [9.17, 15) is 9.59 Å². The van der Waals surface area contributed by atoms with Crippen molar-refractivity contribution in [2.45, 2.75) is 45.4 Å². The van der Waals surface area contributed by atoms with Crippen LogP contribution in [0.1, 0.15) is 51.0 Å². The number of ether oxygens (including phenoxy) is 2. The third-order valence-electron chi connectivity index (χ3n) is 5.17. The summed E-state index contributed by atoms with van der Waals surface area (Å²) < 4.78 is 9.82. The van der Waals surface area contributed by atoms with Crippen molar-refractivity contribution in [3.05, 3.63) is 53.6 Å². The Morgan fingerprint density at radius 1 is 1.07 bits per heavy atom. The van der Waals surface area contributed by atoms with E-state index < -0.39 is 17.4 Å². The van der Waals surface area contributed by atoms with E-state index in [0.29, 0.717) is 6.42 Å². The number of rotatable bonds is 10. The van der Waals surface area contributed by atoms with Crippen molar-refractivity contribution in [1.29, 1.82) is 0 Å². The minimum Gasteiger partial charge on any atom is -0.468 e. The summed E-state index contributed by atoms with van der Waals surface area (Å²) in [4.78, 5) is 24.7. The summed E-state index contributed by atoms with van der Waals surface area (Å²) in [5, 5.41) is 0. The van der Waals surface area contributed by atoms with Crippen LogP contribution in [0.4, 0.5) is 0 Å². The first-order valence-electron chi connectivity index (χ1n) is 9.70. The number of methoxy groups -OCH3 is 2. The molecule has 1 saturated carbocycles. The Morgan fingerprint density at radius 3 is 2.33 bits per heavy atom. The van der Waals surface area contributed by atoms with Crippen molar-refractivity contribution in [2.24, 2.45) is 11.3 Å². The molecule has 1 fully saturated rings. The fourth-order valence-electron chi connectivity index (χ4n) is 3.49. The van der Waals surface area contributed by atoms with Gasteiger partial charge in [0, 0.05) is 5.92 Å². The zero-order valence-corrected chi connectivity index (χ0v) is 16.6. The summed E-state index contributed by atoms with van der Waals surface area (Å²) >= 11 is 0. The first-order chi connectivity index (χ1) is 13.1. The molecule has 0 N–H and O–H groups in total. The molecule has 1 atom stereocenters. The van der Waals surface area contributed by atoms with Gasteiger partial charge >= 0.3 is 11.9 Å². The lowest BCUT2D eigenvalue weighted by molar-refractivity contribution is -0.161. The van der Waals surface area contributed by atoms with Gasteiger partial charge in [-0.1, -0.05) is 74.7 Å². The number of hydrogen-bond acceptors (Lipinski definition) is 4. The Bertz CT molecular complexity index is 672. The van der Waals surface area contributed by atoms with Crippen LogP contribution < -0.4 is 0 Å². The smallest absolute Gasteiger partial charge is 0.323 e. The highest BCUT2D eigenvalue weighted by Crippen LogP contribution is 2.58. The average Bonchev–Trinajstić information content (AvgIpc) is 3.46. The Balaban J connectivity index is 2.21. The van der Waals surface area contributed by atoms with Gasteiger partial charge in [0.2, 0.25) is 0 Å². The normalized spacial score (nSPS) is 18.3. The van der Waals surface area contributed by atoms with Crippen LogP contribution in [0.5, 0.6) is 0 Å². The highest BCUT2D eigenvalue weighted by atomic mass is 16.5. The van der Waals surface area contributed by atoms with E-state index in [1.807, 2.05) is 42.5 Å². The summed E-state index contributed by atoms with van der Waals surface area (Å²) in [5.41, 5.74) is 0.891. The largest absolute Gasteiger partial charge is 0.468 e. The van der Waals surface area contributed by atoms with Crippen molar-refractivity contribution < 1.29 is 19.1 Å². The van der Waals surface area contributed by atoms with Gasteiger partial charge in [-0.15, -0.1) is 0 Å². The van der Waals surface area contributed by atoms with Crippen molar-refractivity contribution in [3.63, 3.8) is 0 Å². The van der Waals surface area contributed by atoms with Gasteiger partial charge < -0.3 is 9.47 Å². The molecule has 1 aliphatic rings. The van der Waals surface area contributed by atoms with E-state index in [2.05, 4.69) is 13.0 Å². The van der Waals surface area contributed by atoms with Crippen molar-refractivity contribution in [1.82, 2.24) is 0 Å². The topological polar surface area (TPSA) is 52.6 Å². The van der Waals surface area contributed by atoms with Crippen LogP contribution in [0.2, 0.25) is 0 Å². The lowest BCUT2D eigenvalue weighted by Gasteiger charge is -2.13. The molecular weight excluding hydrogens is 340 g/mol. The molecule has 0 saturated heterocycles. The highest BCUT2D eigenvalue weighted by molar-refractivity contribution is 6.04. The zero-order valence-electron chi connectivity index (χ0n) is 16.6. The molecule has 27 heavy (non-hydrogen) atoms. The molecule has 1 aromatic carbocycles. The molecule has 1 aromatic rings. The fourth-order valence-corrected chi connectivity index (χ4v) is 3.49. The fraction of sp³-hybridized carbons (Fsp3) is 0.478. The predicted octanol–water partition coefficient (Wildman–Crippen LogP) is 4.95. The van der Waals surface area contributed by atoms with Crippen molar-refractivity contribution in [2.75, 3.05) is 14.2 Å². The summed E-state index contributed by atoms with van der Waals surface area (Å²) in [7, 11) is 2.63. The number of carbonyl (C=O) groups is 2. The summed E-state index contributed by atoms with van der Waals surface area (Å²) in [5.74, 6) is -1.21. The van der Waals surface area contributed by atoms with Crippen LogP contribution >= 0.6 is 0 Å². The Morgan fingerprint density at radius 2 is 1.74 bits per heavy atom. The Kier molecular flexibility index (Phi) is 7.83. The molecule has 4 nitrogen and oxygen atoms in total. The molecule has 2 rings (SSSR count). The van der Waals surface area contributed by atoms with E-state index in [4.69, 9.17) is 9.47 Å². The van der Waals surface area contributed by atoms with Gasteiger partial charge in [0.1, 0.15) is 0 Å². The molecule has 0 bridgehead atoms. The zero-order chi connectivity index (χ0) is 19.7. The number of allylic oxidation sites excluding steroid dienone is 3. The molecular formula is C23H30O4. The van der Waals surface area contributed by atoms with E-state index in [0.717, 1.165) is 24.0 Å². The van der Waals surface area contributed by atoms with Crippen molar-refractivity contribution in [3.8, 4) is 0 Å². The maximum absolute atomic E-state index is 12.3. The average molecular weight is 370 g/mol. The molecule has 0 spiro atoms. The van der Waals surface area contributed by atoms with Gasteiger partial charge in [-0.2, -0.15) is 0 Å². The van der Waals surface area contributed by atoms with E-state index >= 15 is 0 Å². The maximum Gasteiger partial charge on any atom is 0.323 e. The van der Waals surface area contributed by atoms with Gasteiger partial charge in [0.25, 0.3) is 0 Å². The quantitative estimate of drug-likeness (QED) is 0.253. The molecule has 1 unspecified atom stereocenters. The van der Waals surface area contributed by atoms with Gasteiger partial charge in [0.05, 0.1) is 14.2 Å². The van der Waals surface area contributed by atoms with Gasteiger partial charge in [-0.25, -0.2) is 0 Å². The summed E-state index contributed by atoms with van der Waals surface area (Å²) in [6, 6.07) is 9.99. The third-order valence-corrected chi connectivity index (χ3v) is 5.17. The minimum atomic E-state index is -1.19. The number of unbranched alkanes of at least 4 members (excludes halogenated alkanes) is 4. The van der Waals surface area contributed by atoms with Crippen LogP contribution in [-0.2, 0) is 19.1 Å². The van der Waals surface area contributed by atoms with E-state index in [-0.39, 0.29) is 5.92 Å². The van der Waals surface area contributed by atoms with Crippen LogP contribution in [0.3, 0.4) is 0 Å². The second-order valence-electron chi connectivity index (χ2n) is 7.01. The third kappa shape index (κ3) is 5.09. The molecule has 0 aliphatic heterocycles. The Labute approximate surface area is 162 Å². The highest BCUT2D eigenvalue weighted by Gasteiger charge is 2.68. The first kappa shape index (κ1) is 20.9. The maximum atomic E-state index is 12.3. The molecule has 0 amide bonds. The van der Waals surface area contributed by atoms with Gasteiger partial charge in [-0.05, 0) is 30.4 Å².